The van der Waals surface area contributed by atoms with E-state index >= 15 is 0 Å². The van der Waals surface area contributed by atoms with Crippen LogP contribution >= 0.6 is 0 Å². The zero-order chi connectivity index (χ0) is 12.2. The van der Waals surface area contributed by atoms with Crippen LogP contribution < -0.4 is 5.73 Å². The first-order valence-electron chi connectivity index (χ1n) is 7.24. The first kappa shape index (κ1) is 15.9. The smallest absolute Gasteiger partial charge is 0.00931 e. The van der Waals surface area contributed by atoms with Gasteiger partial charge in [-0.25, -0.2) is 0 Å². The summed E-state index contributed by atoms with van der Waals surface area (Å²) in [6.07, 6.45) is 9.00. The molecule has 0 heterocycles. The Morgan fingerprint density at radius 3 is 1.88 bits per heavy atom. The Morgan fingerprint density at radius 2 is 1.50 bits per heavy atom. The van der Waals surface area contributed by atoms with Gasteiger partial charge in [0.2, 0.25) is 0 Å². The number of rotatable bonds is 11. The zero-order valence-electron chi connectivity index (χ0n) is 11.7. The molecule has 0 saturated carbocycles. The van der Waals surface area contributed by atoms with Crippen LogP contribution in [0, 0.1) is 0 Å². The molecule has 0 aromatic rings. The highest BCUT2D eigenvalue weighted by molar-refractivity contribution is 4.70. The highest BCUT2D eigenvalue weighted by atomic mass is 15.1. The molecule has 0 aromatic heterocycles. The highest BCUT2D eigenvalue weighted by Crippen LogP contribution is 2.13. The van der Waals surface area contributed by atoms with Gasteiger partial charge < -0.3 is 10.6 Å². The maximum atomic E-state index is 5.61. The molecule has 0 spiro atoms. The topological polar surface area (TPSA) is 29.3 Å². The Kier molecular flexibility index (Phi) is 11.3. The summed E-state index contributed by atoms with van der Waals surface area (Å²) in [6, 6.07) is 0.765. The van der Waals surface area contributed by atoms with Gasteiger partial charge >= 0.3 is 0 Å². The molecular formula is C14H32N2. The van der Waals surface area contributed by atoms with Gasteiger partial charge in [0.15, 0.2) is 0 Å². The second-order valence-corrected chi connectivity index (χ2v) is 4.74. The van der Waals surface area contributed by atoms with E-state index in [0.717, 1.165) is 12.6 Å². The van der Waals surface area contributed by atoms with E-state index in [1.54, 1.807) is 0 Å². The lowest BCUT2D eigenvalue weighted by atomic mass is 10.1. The third-order valence-electron chi connectivity index (χ3n) is 3.33. The van der Waals surface area contributed by atoms with Gasteiger partial charge in [0, 0.05) is 6.04 Å². The van der Waals surface area contributed by atoms with Gasteiger partial charge in [-0.05, 0) is 51.7 Å². The second kappa shape index (κ2) is 11.4. The predicted octanol–water partition coefficient (Wildman–Crippen LogP) is 3.41. The minimum Gasteiger partial charge on any atom is -0.330 e. The fourth-order valence-electron chi connectivity index (χ4n) is 2.20. The van der Waals surface area contributed by atoms with Crippen LogP contribution in [0.2, 0.25) is 0 Å². The van der Waals surface area contributed by atoms with Gasteiger partial charge in [0.05, 0.1) is 0 Å². The lowest BCUT2D eigenvalue weighted by molar-refractivity contribution is 0.174. The average Bonchev–Trinajstić information content (AvgIpc) is 2.32. The van der Waals surface area contributed by atoms with E-state index in [1.807, 2.05) is 0 Å². The van der Waals surface area contributed by atoms with Gasteiger partial charge in [0.25, 0.3) is 0 Å². The number of hydrogen-bond donors (Lipinski definition) is 1. The second-order valence-electron chi connectivity index (χ2n) is 4.74. The number of nitrogens with zero attached hydrogens (tertiary/aromatic N) is 1. The van der Waals surface area contributed by atoms with E-state index in [4.69, 9.17) is 5.73 Å². The maximum Gasteiger partial charge on any atom is 0.00931 e. The molecule has 1 atom stereocenters. The van der Waals surface area contributed by atoms with Crippen LogP contribution in [-0.4, -0.2) is 30.6 Å². The molecule has 0 aliphatic rings. The van der Waals surface area contributed by atoms with Gasteiger partial charge in [-0.15, -0.1) is 0 Å². The Balaban J connectivity index is 4.06. The van der Waals surface area contributed by atoms with Crippen molar-refractivity contribution in [2.75, 3.05) is 19.6 Å². The van der Waals surface area contributed by atoms with Crippen molar-refractivity contribution >= 4 is 0 Å². The minimum atomic E-state index is 0.765. The van der Waals surface area contributed by atoms with Crippen molar-refractivity contribution < 1.29 is 0 Å². The number of unbranched alkanes of at least 4 members (excludes halogenated alkanes) is 2. The van der Waals surface area contributed by atoms with Crippen LogP contribution in [-0.2, 0) is 0 Å². The van der Waals surface area contributed by atoms with E-state index < -0.39 is 0 Å². The zero-order valence-corrected chi connectivity index (χ0v) is 11.7. The summed E-state index contributed by atoms with van der Waals surface area (Å²) in [5.41, 5.74) is 5.61. The quantitative estimate of drug-likeness (QED) is 0.587. The maximum absolute atomic E-state index is 5.61. The molecule has 2 heteroatoms. The summed E-state index contributed by atoms with van der Waals surface area (Å²) in [7, 11) is 0. The van der Waals surface area contributed by atoms with Crippen LogP contribution in [0.5, 0.6) is 0 Å². The molecule has 0 aliphatic heterocycles. The fraction of sp³-hybridized carbons (Fsp3) is 1.00. The van der Waals surface area contributed by atoms with E-state index in [1.165, 1.54) is 58.0 Å². The predicted molar refractivity (Wildman–Crippen MR) is 73.8 cm³/mol. The first-order chi connectivity index (χ1) is 7.79. The van der Waals surface area contributed by atoms with Crippen LogP contribution in [0.15, 0.2) is 0 Å². The molecule has 16 heavy (non-hydrogen) atoms. The average molecular weight is 228 g/mol. The lowest BCUT2D eigenvalue weighted by Gasteiger charge is -2.31. The van der Waals surface area contributed by atoms with E-state index in [9.17, 15) is 0 Å². The van der Waals surface area contributed by atoms with Gasteiger partial charge in [-0.1, -0.05) is 33.6 Å². The van der Waals surface area contributed by atoms with Crippen LogP contribution in [0.25, 0.3) is 0 Å². The molecule has 0 saturated heterocycles. The number of hydrogen-bond acceptors (Lipinski definition) is 2. The summed E-state index contributed by atoms with van der Waals surface area (Å²) < 4.78 is 0. The Morgan fingerprint density at radius 1 is 0.938 bits per heavy atom. The third kappa shape index (κ3) is 7.24. The molecule has 0 aromatic carbocycles. The molecule has 0 bridgehead atoms. The summed E-state index contributed by atoms with van der Waals surface area (Å²) in [6.45, 7) is 10.3. The van der Waals surface area contributed by atoms with Crippen molar-refractivity contribution in [3.63, 3.8) is 0 Å². The highest BCUT2D eigenvalue weighted by Gasteiger charge is 2.14. The van der Waals surface area contributed by atoms with Crippen molar-refractivity contribution in [3.05, 3.63) is 0 Å². The Labute approximate surface area is 103 Å². The van der Waals surface area contributed by atoms with E-state index in [0.29, 0.717) is 0 Å². The van der Waals surface area contributed by atoms with Gasteiger partial charge in [-0.3, -0.25) is 0 Å². The van der Waals surface area contributed by atoms with Gasteiger partial charge in [-0.2, -0.15) is 0 Å². The largest absolute Gasteiger partial charge is 0.330 e. The van der Waals surface area contributed by atoms with Crippen LogP contribution in [0.3, 0.4) is 0 Å². The molecule has 0 aliphatic carbocycles. The fourth-order valence-corrected chi connectivity index (χ4v) is 2.20. The summed E-state index contributed by atoms with van der Waals surface area (Å²) >= 11 is 0. The summed E-state index contributed by atoms with van der Waals surface area (Å²) in [5.74, 6) is 0. The molecule has 2 nitrogen and oxygen atoms in total. The van der Waals surface area contributed by atoms with Crippen LogP contribution in [0.1, 0.15) is 65.7 Å². The molecule has 0 amide bonds. The number of nitrogens with two attached hydrogens (primary N) is 1. The normalized spacial score (nSPS) is 13.3. The monoisotopic (exact) mass is 228 g/mol. The molecule has 0 radical (unpaired) electrons. The molecule has 2 N–H and O–H groups in total. The summed E-state index contributed by atoms with van der Waals surface area (Å²) in [5, 5.41) is 0. The van der Waals surface area contributed by atoms with E-state index in [2.05, 4.69) is 25.7 Å². The minimum absolute atomic E-state index is 0.765. The first-order valence-corrected chi connectivity index (χ1v) is 7.24. The van der Waals surface area contributed by atoms with Crippen molar-refractivity contribution in [1.29, 1.82) is 0 Å². The molecule has 0 fully saturated rings. The molecular weight excluding hydrogens is 196 g/mol. The van der Waals surface area contributed by atoms with Crippen molar-refractivity contribution in [1.82, 2.24) is 4.90 Å². The lowest BCUT2D eigenvalue weighted by Crippen LogP contribution is -2.36. The third-order valence-corrected chi connectivity index (χ3v) is 3.33. The molecule has 98 valence electrons. The van der Waals surface area contributed by atoms with Crippen molar-refractivity contribution in [2.24, 2.45) is 5.73 Å². The van der Waals surface area contributed by atoms with Crippen molar-refractivity contribution in [3.8, 4) is 0 Å². The van der Waals surface area contributed by atoms with Crippen molar-refractivity contribution in [2.45, 2.75) is 71.8 Å². The Bertz CT molecular complexity index is 129. The standard InChI is InChI=1S/C14H32N2/c1-4-7-12-16(13-8-5-2)14(6-3)10-9-11-15/h14H,4-13,15H2,1-3H3. The SMILES string of the molecule is CCCCN(CCCC)C(CC)CCCN. The van der Waals surface area contributed by atoms with E-state index in [-0.39, 0.29) is 0 Å². The molecule has 0 rings (SSSR count). The molecule has 1 unspecified atom stereocenters. The Hall–Kier alpha value is -0.0800. The van der Waals surface area contributed by atoms with Gasteiger partial charge in [0.1, 0.15) is 0 Å². The van der Waals surface area contributed by atoms with Crippen LogP contribution in [0.4, 0.5) is 0 Å². The summed E-state index contributed by atoms with van der Waals surface area (Å²) in [4.78, 5) is 2.70.